The molecule has 1 aromatic heterocycles. The Kier molecular flexibility index (Phi) is 6.39. The van der Waals surface area contributed by atoms with E-state index in [1.807, 2.05) is 60.9 Å². The number of nitrogens with two attached hydrogens (primary N) is 1. The molecule has 0 saturated heterocycles. The van der Waals surface area contributed by atoms with Gasteiger partial charge in [0.2, 0.25) is 10.0 Å². The van der Waals surface area contributed by atoms with E-state index in [1.165, 1.54) is 12.1 Å². The number of hydrogen-bond donors (Lipinski definition) is 2. The van der Waals surface area contributed by atoms with Gasteiger partial charge in [-0.1, -0.05) is 30.3 Å². The van der Waals surface area contributed by atoms with Gasteiger partial charge >= 0.3 is 0 Å². The molecule has 0 bridgehead atoms. The van der Waals surface area contributed by atoms with Crippen LogP contribution in [0.3, 0.4) is 0 Å². The fraction of sp³-hybridized carbons (Fsp3) is 0.130. The first kappa shape index (κ1) is 22.0. The smallest absolute Gasteiger partial charge is 0.262 e. The number of nitrogens with zero attached hydrogens (tertiary/aromatic N) is 2. The fourth-order valence-corrected chi connectivity index (χ4v) is 3.81. The molecule has 1 amide bonds. The van der Waals surface area contributed by atoms with Crippen molar-refractivity contribution in [3.8, 4) is 11.8 Å². The molecule has 0 saturated carbocycles. The first-order valence-corrected chi connectivity index (χ1v) is 11.0. The predicted molar refractivity (Wildman–Crippen MR) is 118 cm³/mol. The summed E-state index contributed by atoms with van der Waals surface area (Å²) in [5.41, 5.74) is 4.09. The molecule has 0 atom stereocenters. The van der Waals surface area contributed by atoms with E-state index in [0.717, 1.165) is 28.2 Å². The van der Waals surface area contributed by atoms with Gasteiger partial charge in [-0.3, -0.25) is 4.79 Å². The summed E-state index contributed by atoms with van der Waals surface area (Å²) in [4.78, 5) is 12.5. The molecule has 3 rings (SSSR count). The van der Waals surface area contributed by atoms with E-state index >= 15 is 0 Å². The molecule has 3 aromatic rings. The standard InChI is InChI=1S/C23H22N4O3S/c1-16-12-19(13-20(14-24)23(28)26-15-18-6-4-3-5-7-18)17(2)27(16)21-8-10-22(11-9-21)31(25,29)30/h3-13H,15H2,1-2H3,(H,26,28)(H2,25,29,30). The molecule has 2 aromatic carbocycles. The third-order valence-electron chi connectivity index (χ3n) is 4.85. The van der Waals surface area contributed by atoms with Crippen LogP contribution in [0.15, 0.2) is 71.1 Å². The molecule has 0 unspecified atom stereocenters. The van der Waals surface area contributed by atoms with E-state index in [1.54, 1.807) is 18.2 Å². The molecule has 0 radical (unpaired) electrons. The summed E-state index contributed by atoms with van der Waals surface area (Å²) in [7, 11) is -3.77. The Labute approximate surface area is 181 Å². The third-order valence-corrected chi connectivity index (χ3v) is 5.78. The first-order chi connectivity index (χ1) is 14.7. The van der Waals surface area contributed by atoms with Crippen molar-refractivity contribution in [2.24, 2.45) is 5.14 Å². The summed E-state index contributed by atoms with van der Waals surface area (Å²) < 4.78 is 24.9. The summed E-state index contributed by atoms with van der Waals surface area (Å²) in [6.07, 6.45) is 1.55. The maximum absolute atomic E-state index is 12.5. The number of aryl methyl sites for hydroxylation is 1. The third kappa shape index (κ3) is 5.09. The number of hydrogen-bond acceptors (Lipinski definition) is 4. The Morgan fingerprint density at radius 3 is 2.35 bits per heavy atom. The number of aromatic nitrogens is 1. The van der Waals surface area contributed by atoms with Gasteiger partial charge in [-0.15, -0.1) is 0 Å². The summed E-state index contributed by atoms with van der Waals surface area (Å²) in [6.45, 7) is 4.08. The number of benzene rings is 2. The topological polar surface area (TPSA) is 118 Å². The second-order valence-corrected chi connectivity index (χ2v) is 8.60. The van der Waals surface area contributed by atoms with Crippen LogP contribution in [0.2, 0.25) is 0 Å². The highest BCUT2D eigenvalue weighted by Gasteiger charge is 2.14. The summed E-state index contributed by atoms with van der Waals surface area (Å²) in [6, 6.07) is 19.5. The quantitative estimate of drug-likeness (QED) is 0.458. The molecule has 0 aliphatic carbocycles. The molecular weight excluding hydrogens is 412 g/mol. The highest BCUT2D eigenvalue weighted by atomic mass is 32.2. The Morgan fingerprint density at radius 1 is 1.13 bits per heavy atom. The summed E-state index contributed by atoms with van der Waals surface area (Å²) >= 11 is 0. The molecule has 158 valence electrons. The van der Waals surface area contributed by atoms with Gasteiger partial charge in [-0.2, -0.15) is 5.26 Å². The number of rotatable bonds is 6. The van der Waals surface area contributed by atoms with Crippen LogP contribution in [-0.2, 0) is 21.4 Å². The molecule has 0 spiro atoms. The zero-order chi connectivity index (χ0) is 22.6. The lowest BCUT2D eigenvalue weighted by molar-refractivity contribution is -0.117. The van der Waals surface area contributed by atoms with Gasteiger partial charge in [0.05, 0.1) is 4.90 Å². The molecule has 8 heteroatoms. The van der Waals surface area contributed by atoms with Gasteiger partial charge < -0.3 is 9.88 Å². The SMILES string of the molecule is Cc1cc(C=C(C#N)C(=O)NCc2ccccc2)c(C)n1-c1ccc(S(N)(=O)=O)cc1. The van der Waals surface area contributed by atoms with Crippen LogP contribution in [0.4, 0.5) is 0 Å². The number of nitriles is 1. The van der Waals surface area contributed by atoms with Crippen LogP contribution < -0.4 is 10.5 Å². The number of carbonyl (C=O) groups is 1. The summed E-state index contributed by atoms with van der Waals surface area (Å²) in [5.74, 6) is -0.450. The van der Waals surface area contributed by atoms with Crippen LogP contribution in [0.5, 0.6) is 0 Å². The minimum absolute atomic E-state index is 0.000698. The van der Waals surface area contributed by atoms with Gasteiger partial charge in [0.1, 0.15) is 11.6 Å². The van der Waals surface area contributed by atoms with Crippen molar-refractivity contribution in [1.82, 2.24) is 9.88 Å². The van der Waals surface area contributed by atoms with E-state index in [0.29, 0.717) is 6.54 Å². The average Bonchev–Trinajstić information content (AvgIpc) is 3.03. The molecule has 3 N–H and O–H groups in total. The molecule has 0 aliphatic heterocycles. The minimum Gasteiger partial charge on any atom is -0.347 e. The Balaban J connectivity index is 1.86. The van der Waals surface area contributed by atoms with E-state index in [-0.39, 0.29) is 10.5 Å². The number of primary sulfonamides is 1. The lowest BCUT2D eigenvalue weighted by Crippen LogP contribution is -2.23. The molecule has 0 aliphatic rings. The first-order valence-electron chi connectivity index (χ1n) is 9.47. The van der Waals surface area contributed by atoms with Crippen LogP contribution in [0, 0.1) is 25.2 Å². The maximum Gasteiger partial charge on any atom is 0.262 e. The lowest BCUT2D eigenvalue weighted by atomic mass is 10.1. The van der Waals surface area contributed by atoms with Crippen LogP contribution in [0.25, 0.3) is 11.8 Å². The molecule has 31 heavy (non-hydrogen) atoms. The highest BCUT2D eigenvalue weighted by molar-refractivity contribution is 7.89. The van der Waals surface area contributed by atoms with Gasteiger partial charge in [-0.25, -0.2) is 13.6 Å². The molecule has 7 nitrogen and oxygen atoms in total. The molecule has 0 fully saturated rings. The van der Waals surface area contributed by atoms with Crippen molar-refractivity contribution >= 4 is 22.0 Å². The van der Waals surface area contributed by atoms with E-state index in [9.17, 15) is 18.5 Å². The number of sulfonamides is 1. The van der Waals surface area contributed by atoms with E-state index < -0.39 is 15.9 Å². The van der Waals surface area contributed by atoms with Crippen LogP contribution >= 0.6 is 0 Å². The zero-order valence-corrected chi connectivity index (χ0v) is 18.0. The van der Waals surface area contributed by atoms with Crippen molar-refractivity contribution < 1.29 is 13.2 Å². The Morgan fingerprint density at radius 2 is 1.77 bits per heavy atom. The number of amides is 1. The van der Waals surface area contributed by atoms with Crippen molar-refractivity contribution in [1.29, 1.82) is 5.26 Å². The Hall–Kier alpha value is -3.67. The second kappa shape index (κ2) is 9.00. The largest absolute Gasteiger partial charge is 0.347 e. The van der Waals surface area contributed by atoms with Crippen molar-refractivity contribution in [3.05, 3.63) is 88.8 Å². The van der Waals surface area contributed by atoms with Crippen molar-refractivity contribution in [3.63, 3.8) is 0 Å². The van der Waals surface area contributed by atoms with E-state index in [2.05, 4.69) is 5.32 Å². The normalized spacial score (nSPS) is 11.7. The van der Waals surface area contributed by atoms with E-state index in [4.69, 9.17) is 5.14 Å². The van der Waals surface area contributed by atoms with Crippen LogP contribution in [-0.4, -0.2) is 18.9 Å². The summed E-state index contributed by atoms with van der Waals surface area (Å²) in [5, 5.41) is 17.4. The second-order valence-electron chi connectivity index (χ2n) is 7.04. The fourth-order valence-electron chi connectivity index (χ4n) is 3.29. The number of nitrogens with one attached hydrogen (secondary N) is 1. The van der Waals surface area contributed by atoms with Gasteiger partial charge in [0, 0.05) is 23.6 Å². The maximum atomic E-state index is 12.5. The number of carbonyl (C=O) groups excluding carboxylic acids is 1. The Bertz CT molecular complexity index is 1280. The van der Waals surface area contributed by atoms with Gasteiger partial charge in [-0.05, 0) is 61.4 Å². The zero-order valence-electron chi connectivity index (χ0n) is 17.2. The lowest BCUT2D eigenvalue weighted by Gasteiger charge is -2.10. The monoisotopic (exact) mass is 434 g/mol. The van der Waals surface area contributed by atoms with Crippen LogP contribution in [0.1, 0.15) is 22.5 Å². The van der Waals surface area contributed by atoms with Gasteiger partial charge in [0.25, 0.3) is 5.91 Å². The predicted octanol–water partition coefficient (Wildman–Crippen LogP) is 2.96. The van der Waals surface area contributed by atoms with Gasteiger partial charge in [0.15, 0.2) is 0 Å². The minimum atomic E-state index is -3.77. The highest BCUT2D eigenvalue weighted by Crippen LogP contribution is 2.23. The average molecular weight is 435 g/mol. The molecule has 1 heterocycles. The van der Waals surface area contributed by atoms with Crippen molar-refractivity contribution in [2.75, 3.05) is 0 Å². The molecular formula is C23H22N4O3S. The van der Waals surface area contributed by atoms with Crippen molar-refractivity contribution in [2.45, 2.75) is 25.3 Å².